The monoisotopic (exact) mass is 210 g/mol. The van der Waals surface area contributed by atoms with Gasteiger partial charge >= 0.3 is 0 Å². The van der Waals surface area contributed by atoms with Crippen molar-refractivity contribution in [2.75, 3.05) is 5.32 Å². The number of aliphatic hydroxyl groups excluding tert-OH is 1. The molecule has 15 heavy (non-hydrogen) atoms. The highest BCUT2D eigenvalue weighted by molar-refractivity contribution is 5.35. The smallest absolute Gasteiger partial charge is 0.214 e. The average Bonchev–Trinajstić information content (AvgIpc) is 2.22. The third-order valence-corrected chi connectivity index (χ3v) is 2.78. The summed E-state index contributed by atoms with van der Waals surface area (Å²) in [7, 11) is 0. The van der Waals surface area contributed by atoms with E-state index in [1.807, 2.05) is 0 Å². The number of anilines is 1. The minimum atomic E-state index is -0.495. The molecule has 0 aromatic carbocycles. The zero-order valence-electron chi connectivity index (χ0n) is 8.49. The van der Waals surface area contributed by atoms with Crippen LogP contribution in [-0.2, 0) is 0 Å². The van der Waals surface area contributed by atoms with Crippen LogP contribution in [0.4, 0.5) is 10.2 Å². The van der Waals surface area contributed by atoms with Crippen LogP contribution in [0.2, 0.25) is 0 Å². The van der Waals surface area contributed by atoms with Crippen LogP contribution in [0.3, 0.4) is 0 Å². The second-order valence-corrected chi connectivity index (χ2v) is 3.95. The summed E-state index contributed by atoms with van der Waals surface area (Å²) in [6, 6.07) is 4.64. The maximum atomic E-state index is 12.8. The molecule has 0 saturated heterocycles. The van der Waals surface area contributed by atoms with Gasteiger partial charge in [0.15, 0.2) is 0 Å². The molecule has 1 aliphatic carbocycles. The number of hydrogen-bond acceptors (Lipinski definition) is 3. The molecule has 1 aliphatic rings. The standard InChI is InChI=1S/C11H15FN2O/c12-10-6-3-7-11(14-10)13-8-4-1-2-5-9(8)15/h3,6-9,15H,1-2,4-5H2,(H,13,14)/t8-,9-/m0/s1. The fraction of sp³-hybridized carbons (Fsp3) is 0.545. The van der Waals surface area contributed by atoms with E-state index in [1.54, 1.807) is 12.1 Å². The quantitative estimate of drug-likeness (QED) is 0.733. The van der Waals surface area contributed by atoms with E-state index in [9.17, 15) is 9.50 Å². The van der Waals surface area contributed by atoms with Gasteiger partial charge in [0, 0.05) is 0 Å². The Morgan fingerprint density at radius 3 is 2.87 bits per heavy atom. The number of pyridine rings is 1. The van der Waals surface area contributed by atoms with Crippen molar-refractivity contribution in [1.29, 1.82) is 0 Å². The van der Waals surface area contributed by atoms with Gasteiger partial charge in [-0.15, -0.1) is 0 Å². The molecule has 2 rings (SSSR count). The molecule has 0 bridgehead atoms. The Hall–Kier alpha value is -1.16. The molecule has 2 atom stereocenters. The highest BCUT2D eigenvalue weighted by Gasteiger charge is 2.22. The molecule has 1 heterocycles. The van der Waals surface area contributed by atoms with E-state index in [4.69, 9.17) is 0 Å². The normalized spacial score (nSPS) is 26.3. The van der Waals surface area contributed by atoms with Gasteiger partial charge in [-0.05, 0) is 25.0 Å². The summed E-state index contributed by atoms with van der Waals surface area (Å²) in [6.45, 7) is 0. The molecule has 3 nitrogen and oxygen atoms in total. The Morgan fingerprint density at radius 2 is 2.13 bits per heavy atom. The van der Waals surface area contributed by atoms with Crippen molar-refractivity contribution in [2.24, 2.45) is 0 Å². The first-order valence-corrected chi connectivity index (χ1v) is 5.33. The predicted molar refractivity (Wildman–Crippen MR) is 56.1 cm³/mol. The molecule has 0 unspecified atom stereocenters. The van der Waals surface area contributed by atoms with E-state index >= 15 is 0 Å². The Kier molecular flexibility index (Phi) is 3.16. The van der Waals surface area contributed by atoms with Crippen LogP contribution in [0.1, 0.15) is 25.7 Å². The number of rotatable bonds is 2. The van der Waals surface area contributed by atoms with E-state index in [2.05, 4.69) is 10.3 Å². The predicted octanol–water partition coefficient (Wildman–Crippen LogP) is 1.94. The summed E-state index contributed by atoms with van der Waals surface area (Å²) in [4.78, 5) is 3.71. The fourth-order valence-electron chi connectivity index (χ4n) is 1.96. The van der Waals surface area contributed by atoms with Gasteiger partial charge in [-0.25, -0.2) is 4.98 Å². The molecule has 2 N–H and O–H groups in total. The minimum absolute atomic E-state index is 0.00745. The van der Waals surface area contributed by atoms with Gasteiger partial charge in [0.05, 0.1) is 12.1 Å². The third-order valence-electron chi connectivity index (χ3n) is 2.78. The molecule has 4 heteroatoms. The number of aromatic nitrogens is 1. The highest BCUT2D eigenvalue weighted by Crippen LogP contribution is 2.21. The molecule has 1 aromatic rings. The average molecular weight is 210 g/mol. The van der Waals surface area contributed by atoms with Crippen LogP contribution >= 0.6 is 0 Å². The van der Waals surface area contributed by atoms with Crippen LogP contribution in [0.15, 0.2) is 18.2 Å². The van der Waals surface area contributed by atoms with Gasteiger partial charge < -0.3 is 10.4 Å². The number of nitrogens with one attached hydrogen (secondary N) is 1. The molecular formula is C11H15FN2O. The van der Waals surface area contributed by atoms with Crippen LogP contribution in [0, 0.1) is 5.95 Å². The Balaban J connectivity index is 2.01. The molecule has 0 aliphatic heterocycles. The van der Waals surface area contributed by atoms with E-state index in [-0.39, 0.29) is 12.1 Å². The first-order valence-electron chi connectivity index (χ1n) is 5.33. The lowest BCUT2D eigenvalue weighted by atomic mass is 9.92. The zero-order chi connectivity index (χ0) is 10.7. The van der Waals surface area contributed by atoms with Crippen molar-refractivity contribution >= 4 is 5.82 Å². The van der Waals surface area contributed by atoms with Crippen molar-refractivity contribution in [2.45, 2.75) is 37.8 Å². The van der Waals surface area contributed by atoms with Crippen molar-refractivity contribution < 1.29 is 9.50 Å². The number of aliphatic hydroxyl groups is 1. The van der Waals surface area contributed by atoms with E-state index < -0.39 is 5.95 Å². The van der Waals surface area contributed by atoms with E-state index in [0.717, 1.165) is 25.7 Å². The molecule has 0 amide bonds. The first-order chi connectivity index (χ1) is 7.25. The van der Waals surface area contributed by atoms with Crippen molar-refractivity contribution in [1.82, 2.24) is 4.98 Å². The number of nitrogens with zero attached hydrogens (tertiary/aromatic N) is 1. The summed E-state index contributed by atoms with van der Waals surface area (Å²) in [5.41, 5.74) is 0. The molecule has 82 valence electrons. The fourth-order valence-corrected chi connectivity index (χ4v) is 1.96. The van der Waals surface area contributed by atoms with Gasteiger partial charge in [-0.1, -0.05) is 18.9 Å². The molecule has 0 spiro atoms. The summed E-state index contributed by atoms with van der Waals surface area (Å²) in [5, 5.41) is 12.8. The van der Waals surface area contributed by atoms with Crippen molar-refractivity contribution in [3.05, 3.63) is 24.1 Å². The summed E-state index contributed by atoms with van der Waals surface area (Å²) in [5.74, 6) is 0.00579. The summed E-state index contributed by atoms with van der Waals surface area (Å²) >= 11 is 0. The first kappa shape index (κ1) is 10.4. The molecular weight excluding hydrogens is 195 g/mol. The third kappa shape index (κ3) is 2.65. The van der Waals surface area contributed by atoms with Gasteiger partial charge in [-0.3, -0.25) is 0 Å². The Labute approximate surface area is 88.3 Å². The second-order valence-electron chi connectivity index (χ2n) is 3.95. The Bertz CT molecular complexity index is 332. The maximum Gasteiger partial charge on any atom is 0.214 e. The molecule has 0 radical (unpaired) electrons. The Morgan fingerprint density at radius 1 is 1.33 bits per heavy atom. The van der Waals surface area contributed by atoms with Crippen LogP contribution < -0.4 is 5.32 Å². The SMILES string of the molecule is O[C@H]1CCCC[C@@H]1Nc1cccc(F)n1. The maximum absolute atomic E-state index is 12.8. The topological polar surface area (TPSA) is 45.1 Å². The van der Waals surface area contributed by atoms with Gasteiger partial charge in [-0.2, -0.15) is 4.39 Å². The van der Waals surface area contributed by atoms with Gasteiger partial charge in [0.2, 0.25) is 5.95 Å². The minimum Gasteiger partial charge on any atom is -0.391 e. The second kappa shape index (κ2) is 4.57. The highest BCUT2D eigenvalue weighted by atomic mass is 19.1. The van der Waals surface area contributed by atoms with E-state index in [0.29, 0.717) is 5.82 Å². The van der Waals surface area contributed by atoms with Crippen molar-refractivity contribution in [3.63, 3.8) is 0 Å². The van der Waals surface area contributed by atoms with Crippen LogP contribution in [-0.4, -0.2) is 22.2 Å². The van der Waals surface area contributed by atoms with Crippen LogP contribution in [0.5, 0.6) is 0 Å². The number of hydrogen-bond donors (Lipinski definition) is 2. The summed E-state index contributed by atoms with van der Waals surface area (Å²) in [6.07, 6.45) is 3.55. The lowest BCUT2D eigenvalue weighted by Crippen LogP contribution is -2.36. The lowest BCUT2D eigenvalue weighted by Gasteiger charge is -2.28. The van der Waals surface area contributed by atoms with Gasteiger partial charge in [0.1, 0.15) is 5.82 Å². The molecule has 1 aromatic heterocycles. The summed E-state index contributed by atoms with van der Waals surface area (Å²) < 4.78 is 12.8. The number of halogens is 1. The van der Waals surface area contributed by atoms with Crippen molar-refractivity contribution in [3.8, 4) is 0 Å². The largest absolute Gasteiger partial charge is 0.391 e. The van der Waals surface area contributed by atoms with Crippen LogP contribution in [0.25, 0.3) is 0 Å². The van der Waals surface area contributed by atoms with E-state index in [1.165, 1.54) is 6.07 Å². The van der Waals surface area contributed by atoms with Gasteiger partial charge in [0.25, 0.3) is 0 Å². The lowest BCUT2D eigenvalue weighted by molar-refractivity contribution is 0.116. The molecule has 1 fully saturated rings. The molecule has 1 saturated carbocycles. The zero-order valence-corrected chi connectivity index (χ0v) is 8.49.